The summed E-state index contributed by atoms with van der Waals surface area (Å²) in [5.74, 6) is 1.69. The van der Waals surface area contributed by atoms with Crippen LogP contribution in [0.2, 0.25) is 0 Å². The first-order valence-corrected chi connectivity index (χ1v) is 8.67. The highest BCUT2D eigenvalue weighted by Gasteiger charge is 2.23. The summed E-state index contributed by atoms with van der Waals surface area (Å²) in [5.41, 5.74) is 0. The van der Waals surface area contributed by atoms with E-state index in [4.69, 9.17) is 0 Å². The monoisotopic (exact) mass is 283 g/mol. The standard InChI is InChI=1S/C17H37N3/c1-6-10-18-17(15(3)7-2)14-20-11-8-16(9-12-20)13-19(4)5/h15-18H,6-14H2,1-5H3. The van der Waals surface area contributed by atoms with Crippen LogP contribution < -0.4 is 5.32 Å². The number of hydrogen-bond donors (Lipinski definition) is 1. The van der Waals surface area contributed by atoms with Crippen molar-refractivity contribution in [1.29, 1.82) is 0 Å². The summed E-state index contributed by atoms with van der Waals surface area (Å²) in [6.07, 6.45) is 5.26. The average Bonchev–Trinajstić information content (AvgIpc) is 2.43. The maximum absolute atomic E-state index is 3.76. The van der Waals surface area contributed by atoms with Crippen molar-refractivity contribution in [2.75, 3.05) is 46.8 Å². The predicted octanol–water partition coefficient (Wildman–Crippen LogP) is 2.67. The summed E-state index contributed by atoms with van der Waals surface area (Å²) in [6.45, 7) is 13.2. The van der Waals surface area contributed by atoms with Gasteiger partial charge in [0.05, 0.1) is 0 Å². The molecule has 0 spiro atoms. The largest absolute Gasteiger partial charge is 0.312 e. The molecule has 20 heavy (non-hydrogen) atoms. The van der Waals surface area contributed by atoms with Crippen LogP contribution >= 0.6 is 0 Å². The minimum absolute atomic E-state index is 0.672. The molecule has 2 atom stereocenters. The third-order valence-corrected chi connectivity index (χ3v) is 4.77. The lowest BCUT2D eigenvalue weighted by molar-refractivity contribution is 0.139. The van der Waals surface area contributed by atoms with E-state index in [1.54, 1.807) is 0 Å². The second kappa shape index (κ2) is 9.75. The predicted molar refractivity (Wildman–Crippen MR) is 89.3 cm³/mol. The van der Waals surface area contributed by atoms with Crippen LogP contribution in [0.3, 0.4) is 0 Å². The Bertz CT molecular complexity index is 234. The maximum atomic E-state index is 3.76. The van der Waals surface area contributed by atoms with Crippen molar-refractivity contribution < 1.29 is 0 Å². The molecule has 0 bridgehead atoms. The molecule has 0 aromatic carbocycles. The van der Waals surface area contributed by atoms with Crippen molar-refractivity contribution in [3.8, 4) is 0 Å². The number of likely N-dealkylation sites (tertiary alicyclic amines) is 1. The van der Waals surface area contributed by atoms with Gasteiger partial charge in [-0.05, 0) is 64.8 Å². The van der Waals surface area contributed by atoms with Gasteiger partial charge in [0.2, 0.25) is 0 Å². The molecule has 1 aliphatic rings. The first kappa shape index (κ1) is 17.9. The Morgan fingerprint density at radius 3 is 2.35 bits per heavy atom. The zero-order valence-electron chi connectivity index (χ0n) is 14.5. The van der Waals surface area contributed by atoms with E-state index in [9.17, 15) is 0 Å². The van der Waals surface area contributed by atoms with Crippen LogP contribution in [0, 0.1) is 11.8 Å². The Labute approximate surface area is 127 Å². The van der Waals surface area contributed by atoms with Crippen molar-refractivity contribution >= 4 is 0 Å². The minimum Gasteiger partial charge on any atom is -0.312 e. The van der Waals surface area contributed by atoms with Gasteiger partial charge in [0.1, 0.15) is 0 Å². The molecule has 0 radical (unpaired) electrons. The zero-order valence-corrected chi connectivity index (χ0v) is 14.5. The van der Waals surface area contributed by atoms with E-state index in [1.165, 1.54) is 51.9 Å². The van der Waals surface area contributed by atoms with E-state index in [-0.39, 0.29) is 0 Å². The zero-order chi connectivity index (χ0) is 15.0. The molecule has 1 aliphatic heterocycles. The van der Waals surface area contributed by atoms with Crippen LogP contribution in [0.1, 0.15) is 46.5 Å². The molecule has 0 aromatic rings. The smallest absolute Gasteiger partial charge is 0.0220 e. The van der Waals surface area contributed by atoms with Crippen LogP contribution in [0.4, 0.5) is 0 Å². The first-order valence-electron chi connectivity index (χ1n) is 8.67. The van der Waals surface area contributed by atoms with Gasteiger partial charge in [-0.3, -0.25) is 0 Å². The summed E-state index contributed by atoms with van der Waals surface area (Å²) in [5, 5.41) is 3.76. The quantitative estimate of drug-likeness (QED) is 0.702. The molecule has 0 amide bonds. The summed E-state index contributed by atoms with van der Waals surface area (Å²) in [7, 11) is 4.39. The van der Waals surface area contributed by atoms with Crippen molar-refractivity contribution in [2.24, 2.45) is 11.8 Å². The fourth-order valence-electron chi connectivity index (χ4n) is 3.21. The van der Waals surface area contributed by atoms with Gasteiger partial charge in [-0.25, -0.2) is 0 Å². The topological polar surface area (TPSA) is 18.5 Å². The highest BCUT2D eigenvalue weighted by molar-refractivity contribution is 4.80. The molecule has 120 valence electrons. The molecular weight excluding hydrogens is 246 g/mol. The number of nitrogens with one attached hydrogen (secondary N) is 1. The molecule has 1 fully saturated rings. The molecule has 2 unspecified atom stereocenters. The third-order valence-electron chi connectivity index (χ3n) is 4.77. The minimum atomic E-state index is 0.672. The number of hydrogen-bond acceptors (Lipinski definition) is 3. The van der Waals surface area contributed by atoms with E-state index in [2.05, 4.69) is 50.0 Å². The molecule has 3 nitrogen and oxygen atoms in total. The number of rotatable bonds is 9. The molecule has 1 N–H and O–H groups in total. The van der Waals surface area contributed by atoms with E-state index in [1.807, 2.05) is 0 Å². The van der Waals surface area contributed by atoms with Crippen LogP contribution in [-0.2, 0) is 0 Å². The Kier molecular flexibility index (Phi) is 8.74. The Hall–Kier alpha value is -0.120. The molecule has 1 rings (SSSR count). The summed E-state index contributed by atoms with van der Waals surface area (Å²) in [6, 6.07) is 0.672. The molecule has 1 saturated heterocycles. The van der Waals surface area contributed by atoms with Crippen molar-refractivity contribution in [3.63, 3.8) is 0 Å². The van der Waals surface area contributed by atoms with E-state index in [0.29, 0.717) is 6.04 Å². The van der Waals surface area contributed by atoms with Crippen molar-refractivity contribution in [3.05, 3.63) is 0 Å². The fourth-order valence-corrected chi connectivity index (χ4v) is 3.21. The summed E-state index contributed by atoms with van der Waals surface area (Å²) >= 11 is 0. The summed E-state index contributed by atoms with van der Waals surface area (Å²) < 4.78 is 0. The molecule has 1 heterocycles. The van der Waals surface area contributed by atoms with Crippen LogP contribution in [-0.4, -0.2) is 62.7 Å². The maximum Gasteiger partial charge on any atom is 0.0220 e. The second-order valence-electron chi connectivity index (χ2n) is 6.95. The average molecular weight is 284 g/mol. The molecule has 0 aliphatic carbocycles. The SMILES string of the molecule is CCCNC(CN1CCC(CN(C)C)CC1)C(C)CC. The Morgan fingerprint density at radius 1 is 1.20 bits per heavy atom. The molecule has 0 aromatic heterocycles. The van der Waals surface area contributed by atoms with Gasteiger partial charge in [-0.15, -0.1) is 0 Å². The Balaban J connectivity index is 2.35. The lowest BCUT2D eigenvalue weighted by Gasteiger charge is -2.37. The number of piperidine rings is 1. The third kappa shape index (κ3) is 6.55. The van der Waals surface area contributed by atoms with Crippen molar-refractivity contribution in [2.45, 2.75) is 52.5 Å². The summed E-state index contributed by atoms with van der Waals surface area (Å²) in [4.78, 5) is 5.02. The highest BCUT2D eigenvalue weighted by atomic mass is 15.2. The van der Waals surface area contributed by atoms with Gasteiger partial charge in [-0.1, -0.05) is 27.2 Å². The van der Waals surface area contributed by atoms with Crippen LogP contribution in [0.15, 0.2) is 0 Å². The Morgan fingerprint density at radius 2 is 1.85 bits per heavy atom. The van der Waals surface area contributed by atoms with E-state index < -0.39 is 0 Å². The van der Waals surface area contributed by atoms with Gasteiger partial charge in [0.15, 0.2) is 0 Å². The van der Waals surface area contributed by atoms with Crippen molar-refractivity contribution in [1.82, 2.24) is 15.1 Å². The van der Waals surface area contributed by atoms with Gasteiger partial charge < -0.3 is 15.1 Å². The second-order valence-corrected chi connectivity index (χ2v) is 6.95. The highest BCUT2D eigenvalue weighted by Crippen LogP contribution is 2.19. The van der Waals surface area contributed by atoms with Gasteiger partial charge in [0, 0.05) is 19.1 Å². The van der Waals surface area contributed by atoms with E-state index in [0.717, 1.165) is 18.4 Å². The molecule has 0 saturated carbocycles. The van der Waals surface area contributed by atoms with Crippen LogP contribution in [0.5, 0.6) is 0 Å². The van der Waals surface area contributed by atoms with E-state index >= 15 is 0 Å². The fraction of sp³-hybridized carbons (Fsp3) is 1.00. The number of nitrogens with zero attached hydrogens (tertiary/aromatic N) is 2. The molecular formula is C17H37N3. The lowest BCUT2D eigenvalue weighted by Crippen LogP contribution is -2.48. The van der Waals surface area contributed by atoms with Gasteiger partial charge in [0.25, 0.3) is 0 Å². The van der Waals surface area contributed by atoms with Gasteiger partial charge >= 0.3 is 0 Å². The lowest BCUT2D eigenvalue weighted by atomic mass is 9.94. The first-order chi connectivity index (χ1) is 9.56. The normalized spacial score (nSPS) is 21.3. The van der Waals surface area contributed by atoms with Gasteiger partial charge in [-0.2, -0.15) is 0 Å². The van der Waals surface area contributed by atoms with Crippen LogP contribution in [0.25, 0.3) is 0 Å². The molecule has 3 heteroatoms.